The molecule has 2 heterocycles. The molecule has 0 saturated carbocycles. The molecule has 0 unspecified atom stereocenters. The SMILES string of the molecule is CN1CC[C@H](N2CCC=C(F)C2)C1=O. The average Bonchev–Trinajstić information content (AvgIpc) is 2.48. The summed E-state index contributed by atoms with van der Waals surface area (Å²) in [5, 5.41) is 0. The second kappa shape index (κ2) is 3.69. The standard InChI is InChI=1S/C10H15FN2O/c1-12-6-4-9(10(12)14)13-5-2-3-8(11)7-13/h3,9H,2,4-7H2,1H3/t9-/m0/s1. The van der Waals surface area contributed by atoms with Gasteiger partial charge in [0.25, 0.3) is 0 Å². The van der Waals surface area contributed by atoms with Crippen LogP contribution in [-0.2, 0) is 4.79 Å². The number of carbonyl (C=O) groups is 1. The maximum absolute atomic E-state index is 13.0. The molecule has 3 nitrogen and oxygen atoms in total. The van der Waals surface area contributed by atoms with Gasteiger partial charge in [0.15, 0.2) is 0 Å². The quantitative estimate of drug-likeness (QED) is 0.621. The van der Waals surface area contributed by atoms with Crippen LogP contribution < -0.4 is 0 Å². The molecule has 0 aliphatic carbocycles. The average molecular weight is 198 g/mol. The van der Waals surface area contributed by atoms with Gasteiger partial charge < -0.3 is 4.90 Å². The summed E-state index contributed by atoms with van der Waals surface area (Å²) < 4.78 is 13.0. The highest BCUT2D eigenvalue weighted by Crippen LogP contribution is 2.20. The summed E-state index contributed by atoms with van der Waals surface area (Å²) in [6.07, 6.45) is 3.17. The predicted molar refractivity (Wildman–Crippen MR) is 51.4 cm³/mol. The Bertz CT molecular complexity index is 277. The van der Waals surface area contributed by atoms with Crippen molar-refractivity contribution >= 4 is 5.91 Å². The number of amides is 1. The van der Waals surface area contributed by atoms with Crippen LogP contribution in [0.4, 0.5) is 4.39 Å². The van der Waals surface area contributed by atoms with Crippen LogP contribution in [-0.4, -0.2) is 48.4 Å². The number of hydrogen-bond donors (Lipinski definition) is 0. The highest BCUT2D eigenvalue weighted by atomic mass is 19.1. The van der Waals surface area contributed by atoms with Crippen molar-refractivity contribution in [2.75, 3.05) is 26.7 Å². The van der Waals surface area contributed by atoms with E-state index in [1.165, 1.54) is 0 Å². The van der Waals surface area contributed by atoms with Crippen molar-refractivity contribution < 1.29 is 9.18 Å². The molecule has 0 spiro atoms. The number of likely N-dealkylation sites (tertiary alicyclic amines) is 1. The Labute approximate surface area is 83.2 Å². The maximum atomic E-state index is 13.0. The number of rotatable bonds is 1. The van der Waals surface area contributed by atoms with Crippen LogP contribution in [0.15, 0.2) is 11.9 Å². The van der Waals surface area contributed by atoms with Gasteiger partial charge in [-0.15, -0.1) is 0 Å². The summed E-state index contributed by atoms with van der Waals surface area (Å²) in [6.45, 7) is 1.91. The Morgan fingerprint density at radius 1 is 1.50 bits per heavy atom. The summed E-state index contributed by atoms with van der Waals surface area (Å²) in [4.78, 5) is 15.3. The lowest BCUT2D eigenvalue weighted by molar-refractivity contribution is -0.131. The molecule has 1 amide bonds. The van der Waals surface area contributed by atoms with E-state index in [0.29, 0.717) is 6.54 Å². The van der Waals surface area contributed by atoms with E-state index in [0.717, 1.165) is 25.9 Å². The fraction of sp³-hybridized carbons (Fsp3) is 0.700. The number of likely N-dealkylation sites (N-methyl/N-ethyl adjacent to an activating group) is 1. The van der Waals surface area contributed by atoms with Gasteiger partial charge in [0, 0.05) is 20.1 Å². The largest absolute Gasteiger partial charge is 0.344 e. The Kier molecular flexibility index (Phi) is 2.54. The molecule has 2 aliphatic rings. The van der Waals surface area contributed by atoms with E-state index in [1.807, 2.05) is 4.90 Å². The van der Waals surface area contributed by atoms with Crippen LogP contribution in [0.1, 0.15) is 12.8 Å². The van der Waals surface area contributed by atoms with Crippen molar-refractivity contribution in [2.45, 2.75) is 18.9 Å². The highest BCUT2D eigenvalue weighted by Gasteiger charge is 2.34. The normalized spacial score (nSPS) is 29.6. The number of nitrogens with zero attached hydrogens (tertiary/aromatic N) is 2. The molecule has 0 aromatic heterocycles. The van der Waals surface area contributed by atoms with E-state index in [4.69, 9.17) is 0 Å². The van der Waals surface area contributed by atoms with Gasteiger partial charge in [-0.1, -0.05) is 6.08 Å². The zero-order chi connectivity index (χ0) is 10.1. The van der Waals surface area contributed by atoms with Crippen molar-refractivity contribution in [1.82, 2.24) is 9.80 Å². The molecule has 0 N–H and O–H groups in total. The van der Waals surface area contributed by atoms with Gasteiger partial charge in [-0.25, -0.2) is 4.39 Å². The van der Waals surface area contributed by atoms with Gasteiger partial charge in [0.2, 0.25) is 5.91 Å². The van der Waals surface area contributed by atoms with E-state index in [2.05, 4.69) is 0 Å². The van der Waals surface area contributed by atoms with Crippen molar-refractivity contribution in [3.63, 3.8) is 0 Å². The molecular weight excluding hydrogens is 183 g/mol. The zero-order valence-corrected chi connectivity index (χ0v) is 8.37. The number of hydrogen-bond acceptors (Lipinski definition) is 2. The van der Waals surface area contributed by atoms with Crippen molar-refractivity contribution in [2.24, 2.45) is 0 Å². The van der Waals surface area contributed by atoms with E-state index >= 15 is 0 Å². The molecule has 1 saturated heterocycles. The number of carbonyl (C=O) groups excluding carboxylic acids is 1. The third-order valence-corrected chi connectivity index (χ3v) is 2.98. The molecular formula is C10H15FN2O. The predicted octanol–water partition coefficient (Wildman–Crippen LogP) is 0.776. The lowest BCUT2D eigenvalue weighted by Crippen LogP contribution is -2.43. The molecule has 1 atom stereocenters. The van der Waals surface area contributed by atoms with E-state index < -0.39 is 0 Å². The minimum absolute atomic E-state index is 0.0838. The van der Waals surface area contributed by atoms with Gasteiger partial charge >= 0.3 is 0 Å². The zero-order valence-electron chi connectivity index (χ0n) is 8.37. The van der Waals surface area contributed by atoms with E-state index in [-0.39, 0.29) is 17.8 Å². The smallest absolute Gasteiger partial charge is 0.239 e. The first kappa shape index (κ1) is 9.65. The Balaban J connectivity index is 2.02. The maximum Gasteiger partial charge on any atom is 0.239 e. The molecule has 2 rings (SSSR count). The molecule has 14 heavy (non-hydrogen) atoms. The Hall–Kier alpha value is -0.900. The molecule has 4 heteroatoms. The Morgan fingerprint density at radius 3 is 2.86 bits per heavy atom. The van der Waals surface area contributed by atoms with Gasteiger partial charge in [-0.3, -0.25) is 9.69 Å². The van der Waals surface area contributed by atoms with Crippen LogP contribution in [0, 0.1) is 0 Å². The highest BCUT2D eigenvalue weighted by molar-refractivity contribution is 5.83. The first-order valence-electron chi connectivity index (χ1n) is 5.02. The van der Waals surface area contributed by atoms with Gasteiger partial charge in [-0.2, -0.15) is 0 Å². The van der Waals surface area contributed by atoms with Gasteiger partial charge in [-0.05, 0) is 12.8 Å². The first-order chi connectivity index (χ1) is 6.68. The van der Waals surface area contributed by atoms with Crippen LogP contribution in [0.25, 0.3) is 0 Å². The Morgan fingerprint density at radius 2 is 2.29 bits per heavy atom. The van der Waals surface area contributed by atoms with Crippen molar-refractivity contribution in [3.05, 3.63) is 11.9 Å². The van der Waals surface area contributed by atoms with Gasteiger partial charge in [0.05, 0.1) is 12.6 Å². The lowest BCUT2D eigenvalue weighted by Gasteiger charge is -2.28. The van der Waals surface area contributed by atoms with Crippen LogP contribution in [0.3, 0.4) is 0 Å². The lowest BCUT2D eigenvalue weighted by atomic mass is 10.1. The third-order valence-electron chi connectivity index (χ3n) is 2.98. The summed E-state index contributed by atoms with van der Waals surface area (Å²) >= 11 is 0. The molecule has 78 valence electrons. The molecule has 1 fully saturated rings. The van der Waals surface area contributed by atoms with E-state index in [1.54, 1.807) is 18.0 Å². The summed E-state index contributed by atoms with van der Waals surface area (Å²) in [6, 6.07) is -0.0838. The van der Waals surface area contributed by atoms with Gasteiger partial charge in [0.1, 0.15) is 5.83 Å². The molecule has 0 aromatic rings. The van der Waals surface area contributed by atoms with Crippen molar-refractivity contribution in [3.8, 4) is 0 Å². The second-order valence-corrected chi connectivity index (χ2v) is 3.97. The molecule has 0 radical (unpaired) electrons. The van der Waals surface area contributed by atoms with Crippen LogP contribution in [0.2, 0.25) is 0 Å². The molecule has 2 aliphatic heterocycles. The minimum Gasteiger partial charge on any atom is -0.344 e. The topological polar surface area (TPSA) is 23.6 Å². The van der Waals surface area contributed by atoms with Crippen molar-refractivity contribution in [1.29, 1.82) is 0 Å². The fourth-order valence-electron chi connectivity index (χ4n) is 2.13. The van der Waals surface area contributed by atoms with Crippen LogP contribution >= 0.6 is 0 Å². The summed E-state index contributed by atoms with van der Waals surface area (Å²) in [5.74, 6) is 0.0401. The summed E-state index contributed by atoms with van der Waals surface area (Å²) in [5.41, 5.74) is 0. The fourth-order valence-corrected chi connectivity index (χ4v) is 2.13. The molecule has 0 aromatic carbocycles. The monoisotopic (exact) mass is 198 g/mol. The molecule has 0 bridgehead atoms. The third kappa shape index (κ3) is 1.66. The van der Waals surface area contributed by atoms with E-state index in [9.17, 15) is 9.18 Å². The minimum atomic E-state index is -0.0985. The second-order valence-electron chi connectivity index (χ2n) is 3.97. The summed E-state index contributed by atoms with van der Waals surface area (Å²) in [7, 11) is 1.80. The first-order valence-corrected chi connectivity index (χ1v) is 5.02. The van der Waals surface area contributed by atoms with Crippen LogP contribution in [0.5, 0.6) is 0 Å². The number of halogens is 1.